The molecule has 3 N–H and O–H groups in total. The van der Waals surface area contributed by atoms with Crippen LogP contribution in [0.15, 0.2) is 12.5 Å². The number of unbranched alkanes of at least 4 members (excludes halogenated alkanes) is 1. The quantitative estimate of drug-likeness (QED) is 0.624. The van der Waals surface area contributed by atoms with Crippen molar-refractivity contribution in [3.8, 4) is 0 Å². The molecule has 0 saturated carbocycles. The molecule has 18 heavy (non-hydrogen) atoms. The molecule has 0 aliphatic heterocycles. The number of aliphatic carboxylic acids is 1. The van der Waals surface area contributed by atoms with Crippen molar-refractivity contribution in [3.63, 3.8) is 0 Å². The first-order valence-corrected chi connectivity index (χ1v) is 7.30. The predicted molar refractivity (Wildman–Crippen MR) is 65.5 cm³/mol. The molecule has 102 valence electrons. The van der Waals surface area contributed by atoms with Crippen LogP contribution in [0.3, 0.4) is 0 Å². The summed E-state index contributed by atoms with van der Waals surface area (Å²) in [5, 5.41) is 9.00. The van der Waals surface area contributed by atoms with Gasteiger partial charge in [0.25, 0.3) is 0 Å². The highest BCUT2D eigenvalue weighted by Gasteiger charge is 2.24. The molecule has 1 atom stereocenters. The largest absolute Gasteiger partial charge is 0.480 e. The van der Waals surface area contributed by atoms with Crippen LogP contribution in [-0.4, -0.2) is 41.3 Å². The summed E-state index contributed by atoms with van der Waals surface area (Å²) in [6.07, 6.45) is 4.17. The molecule has 1 heterocycles. The van der Waals surface area contributed by atoms with E-state index in [1.165, 1.54) is 12.5 Å². The second-order valence-electron chi connectivity index (χ2n) is 3.96. The Morgan fingerprint density at radius 1 is 1.61 bits per heavy atom. The van der Waals surface area contributed by atoms with Gasteiger partial charge in [0, 0.05) is 18.3 Å². The number of carboxylic acid groups (broad SMARTS) is 1. The Hall–Kier alpha value is -1.41. The van der Waals surface area contributed by atoms with E-state index in [4.69, 9.17) is 5.11 Å². The molecule has 0 amide bonds. The maximum atomic E-state index is 11.6. The van der Waals surface area contributed by atoms with E-state index in [1.807, 2.05) is 6.92 Å². The average molecular weight is 275 g/mol. The Morgan fingerprint density at radius 2 is 2.33 bits per heavy atom. The number of carboxylic acids is 1. The van der Waals surface area contributed by atoms with Crippen LogP contribution in [0.5, 0.6) is 0 Å². The van der Waals surface area contributed by atoms with Crippen molar-refractivity contribution in [3.05, 3.63) is 18.2 Å². The van der Waals surface area contributed by atoms with E-state index < -0.39 is 22.0 Å². The minimum atomic E-state index is -3.56. The van der Waals surface area contributed by atoms with Gasteiger partial charge in [0.15, 0.2) is 0 Å². The molecular formula is C10H17N3O4S. The first-order valence-electron chi connectivity index (χ1n) is 5.64. The maximum absolute atomic E-state index is 11.6. The number of aromatic nitrogens is 2. The number of nitrogens with one attached hydrogen (secondary N) is 2. The van der Waals surface area contributed by atoms with Crippen molar-refractivity contribution in [1.29, 1.82) is 0 Å². The van der Waals surface area contributed by atoms with Gasteiger partial charge in [-0.25, -0.2) is 18.1 Å². The molecule has 0 radical (unpaired) electrons. The third kappa shape index (κ3) is 4.84. The zero-order valence-corrected chi connectivity index (χ0v) is 10.9. The van der Waals surface area contributed by atoms with Gasteiger partial charge >= 0.3 is 5.97 Å². The summed E-state index contributed by atoms with van der Waals surface area (Å²) in [4.78, 5) is 17.5. The van der Waals surface area contributed by atoms with E-state index in [0.717, 1.165) is 6.42 Å². The zero-order valence-electron chi connectivity index (χ0n) is 10.1. The molecule has 7 nitrogen and oxygen atoms in total. The molecule has 0 aliphatic rings. The SMILES string of the molecule is CCCCS(=O)(=O)NC(Cc1cnc[nH]1)C(=O)O. The van der Waals surface area contributed by atoms with Crippen LogP contribution in [-0.2, 0) is 21.2 Å². The van der Waals surface area contributed by atoms with E-state index in [1.54, 1.807) is 0 Å². The molecule has 1 unspecified atom stereocenters. The van der Waals surface area contributed by atoms with Crippen molar-refractivity contribution < 1.29 is 18.3 Å². The van der Waals surface area contributed by atoms with Gasteiger partial charge in [-0.05, 0) is 6.42 Å². The number of nitrogens with zero attached hydrogens (tertiary/aromatic N) is 1. The minimum Gasteiger partial charge on any atom is -0.480 e. The lowest BCUT2D eigenvalue weighted by molar-refractivity contribution is -0.138. The number of sulfonamides is 1. The van der Waals surface area contributed by atoms with Gasteiger partial charge in [-0.1, -0.05) is 13.3 Å². The first kappa shape index (κ1) is 14.7. The summed E-state index contributed by atoms with van der Waals surface area (Å²) < 4.78 is 25.5. The van der Waals surface area contributed by atoms with Gasteiger partial charge in [-0.15, -0.1) is 0 Å². The molecule has 1 rings (SSSR count). The van der Waals surface area contributed by atoms with Crippen LogP contribution in [0.25, 0.3) is 0 Å². The second kappa shape index (κ2) is 6.50. The van der Waals surface area contributed by atoms with Crippen LogP contribution in [0.4, 0.5) is 0 Å². The third-order valence-corrected chi connectivity index (χ3v) is 3.84. The molecule has 0 bridgehead atoms. The van der Waals surface area contributed by atoms with Gasteiger partial charge in [-0.2, -0.15) is 0 Å². The maximum Gasteiger partial charge on any atom is 0.322 e. The summed E-state index contributed by atoms with van der Waals surface area (Å²) >= 11 is 0. The van der Waals surface area contributed by atoms with Crippen LogP contribution >= 0.6 is 0 Å². The van der Waals surface area contributed by atoms with Gasteiger partial charge in [0.05, 0.1) is 12.1 Å². The fraction of sp³-hybridized carbons (Fsp3) is 0.600. The standard InChI is InChI=1S/C10H17N3O4S/c1-2-3-4-18(16,17)13-9(10(14)15)5-8-6-11-7-12-8/h6-7,9,13H,2-5H2,1H3,(H,11,12)(H,14,15). The molecule has 8 heteroatoms. The normalized spacial score (nSPS) is 13.4. The number of H-pyrrole nitrogens is 1. The zero-order chi connectivity index (χ0) is 13.6. The number of carbonyl (C=O) groups is 1. The number of imidazole rings is 1. The Morgan fingerprint density at radius 3 is 2.83 bits per heavy atom. The molecular weight excluding hydrogens is 258 g/mol. The molecule has 0 aliphatic carbocycles. The van der Waals surface area contributed by atoms with E-state index in [-0.39, 0.29) is 12.2 Å². The van der Waals surface area contributed by atoms with E-state index in [0.29, 0.717) is 12.1 Å². The second-order valence-corrected chi connectivity index (χ2v) is 5.84. The van der Waals surface area contributed by atoms with Gasteiger partial charge in [0.2, 0.25) is 10.0 Å². The van der Waals surface area contributed by atoms with Gasteiger partial charge in [-0.3, -0.25) is 4.79 Å². The minimum absolute atomic E-state index is 0.0423. The summed E-state index contributed by atoms with van der Waals surface area (Å²) in [5.41, 5.74) is 0.570. The molecule has 0 saturated heterocycles. The number of hydrogen-bond donors (Lipinski definition) is 3. The van der Waals surface area contributed by atoms with Crippen molar-refractivity contribution in [2.24, 2.45) is 0 Å². The number of hydrogen-bond acceptors (Lipinski definition) is 4. The van der Waals surface area contributed by atoms with Crippen LogP contribution in [0, 0.1) is 0 Å². The lowest BCUT2D eigenvalue weighted by Gasteiger charge is -2.13. The van der Waals surface area contributed by atoms with Gasteiger partial charge in [0.1, 0.15) is 6.04 Å². The van der Waals surface area contributed by atoms with Crippen molar-refractivity contribution >= 4 is 16.0 Å². The van der Waals surface area contributed by atoms with Crippen molar-refractivity contribution in [1.82, 2.24) is 14.7 Å². The highest BCUT2D eigenvalue weighted by atomic mass is 32.2. The first-order chi connectivity index (χ1) is 8.44. The predicted octanol–water partition coefficient (Wildman–Crippen LogP) is 0.125. The van der Waals surface area contributed by atoms with Crippen molar-refractivity contribution in [2.45, 2.75) is 32.2 Å². The Bertz CT molecular complexity index is 469. The van der Waals surface area contributed by atoms with E-state index in [9.17, 15) is 13.2 Å². The Labute approximate surface area is 106 Å². The lowest BCUT2D eigenvalue weighted by atomic mass is 10.2. The summed E-state index contributed by atoms with van der Waals surface area (Å²) in [6.45, 7) is 1.87. The van der Waals surface area contributed by atoms with Crippen molar-refractivity contribution in [2.75, 3.05) is 5.75 Å². The Kier molecular flexibility index (Phi) is 5.29. The lowest BCUT2D eigenvalue weighted by Crippen LogP contribution is -2.43. The van der Waals surface area contributed by atoms with E-state index >= 15 is 0 Å². The molecule has 0 spiro atoms. The van der Waals surface area contributed by atoms with Crippen LogP contribution < -0.4 is 4.72 Å². The summed E-state index contributed by atoms with van der Waals surface area (Å²) in [6, 6.07) is -1.17. The number of aromatic amines is 1. The Balaban J connectivity index is 2.66. The topological polar surface area (TPSA) is 112 Å². The highest BCUT2D eigenvalue weighted by molar-refractivity contribution is 7.89. The molecule has 1 aromatic rings. The molecule has 1 aromatic heterocycles. The van der Waals surface area contributed by atoms with E-state index in [2.05, 4.69) is 14.7 Å². The average Bonchev–Trinajstić information content (AvgIpc) is 2.78. The molecule has 0 aromatic carbocycles. The monoisotopic (exact) mass is 275 g/mol. The highest BCUT2D eigenvalue weighted by Crippen LogP contribution is 2.02. The number of rotatable bonds is 8. The third-order valence-electron chi connectivity index (χ3n) is 2.37. The van der Waals surface area contributed by atoms with Crippen LogP contribution in [0.2, 0.25) is 0 Å². The fourth-order valence-corrected chi connectivity index (χ4v) is 2.81. The van der Waals surface area contributed by atoms with Gasteiger partial charge < -0.3 is 10.1 Å². The smallest absolute Gasteiger partial charge is 0.322 e. The molecule has 0 fully saturated rings. The summed E-state index contributed by atoms with van der Waals surface area (Å²) in [5.74, 6) is -1.26. The summed E-state index contributed by atoms with van der Waals surface area (Å²) in [7, 11) is -3.56. The fourth-order valence-electron chi connectivity index (χ4n) is 1.41. The van der Waals surface area contributed by atoms with Crippen LogP contribution in [0.1, 0.15) is 25.5 Å².